The highest BCUT2D eigenvalue weighted by atomic mass is 28.4. The van der Waals surface area contributed by atoms with Crippen molar-refractivity contribution in [3.8, 4) is 0 Å². The number of nitrogens with zero attached hydrogens (tertiary/aromatic N) is 1. The van der Waals surface area contributed by atoms with Gasteiger partial charge in [0.2, 0.25) is 0 Å². The Hall–Kier alpha value is -1.33. The molecule has 1 aromatic rings. The maximum atomic E-state index is 12.6. The van der Waals surface area contributed by atoms with E-state index in [4.69, 9.17) is 9.16 Å². The van der Waals surface area contributed by atoms with E-state index >= 15 is 0 Å². The Morgan fingerprint density at radius 3 is 2.16 bits per heavy atom. The largest absolute Gasteiger partial charge is 0.444 e. The molecule has 1 aliphatic rings. The summed E-state index contributed by atoms with van der Waals surface area (Å²) >= 11 is 0. The number of carbonyl (C=O) groups excluding carboxylic acids is 1. The normalized spacial score (nSPS) is 21.0. The summed E-state index contributed by atoms with van der Waals surface area (Å²) in [6.45, 7) is 13.0. The second-order valence-corrected chi connectivity index (χ2v) is 12.6. The molecule has 1 saturated heterocycles. The van der Waals surface area contributed by atoms with Gasteiger partial charge in [0.15, 0.2) is 8.32 Å². The summed E-state index contributed by atoms with van der Waals surface area (Å²) in [6, 6.07) is 13.6. The van der Waals surface area contributed by atoms with Gasteiger partial charge < -0.3 is 9.16 Å². The van der Waals surface area contributed by atoms with Crippen molar-refractivity contribution >= 4 is 14.4 Å². The first-order valence-electron chi connectivity index (χ1n) is 9.47. The van der Waals surface area contributed by atoms with Gasteiger partial charge in [0.1, 0.15) is 11.8 Å². The maximum absolute atomic E-state index is 12.6. The van der Waals surface area contributed by atoms with Crippen molar-refractivity contribution in [2.45, 2.75) is 77.4 Å². The molecule has 5 heteroatoms. The van der Waals surface area contributed by atoms with Crippen LogP contribution in [-0.4, -0.2) is 37.7 Å². The summed E-state index contributed by atoms with van der Waals surface area (Å²) in [5.74, 6) is 0.227. The lowest BCUT2D eigenvalue weighted by Gasteiger charge is -2.51. The van der Waals surface area contributed by atoms with Gasteiger partial charge in [0, 0.05) is 12.5 Å². The Labute approximate surface area is 153 Å². The lowest BCUT2D eigenvalue weighted by atomic mass is 9.89. The lowest BCUT2D eigenvalue weighted by Crippen LogP contribution is -2.62. The molecule has 2 rings (SSSR count). The van der Waals surface area contributed by atoms with Crippen LogP contribution >= 0.6 is 0 Å². The maximum Gasteiger partial charge on any atom is 0.412 e. The second-order valence-electron chi connectivity index (χ2n) is 7.90. The smallest absolute Gasteiger partial charge is 0.412 e. The number of hydrogen-bond acceptors (Lipinski definition) is 3. The highest BCUT2D eigenvalue weighted by molar-refractivity contribution is 6.73. The van der Waals surface area contributed by atoms with Gasteiger partial charge >= 0.3 is 6.09 Å². The highest BCUT2D eigenvalue weighted by Gasteiger charge is 2.48. The predicted molar refractivity (Wildman–Crippen MR) is 104 cm³/mol. The molecule has 0 unspecified atom stereocenters. The molecule has 1 aliphatic heterocycles. The third-order valence-electron chi connectivity index (χ3n) is 5.20. The highest BCUT2D eigenvalue weighted by Crippen LogP contribution is 2.39. The fourth-order valence-corrected chi connectivity index (χ4v) is 6.16. The van der Waals surface area contributed by atoms with Crippen molar-refractivity contribution in [3.63, 3.8) is 0 Å². The number of ether oxygens (including phenoxy) is 1. The average molecular weight is 364 g/mol. The molecular formula is C20H33NO3Si. The molecule has 0 aromatic heterocycles. The molecule has 0 saturated carbocycles. The number of benzene rings is 1. The summed E-state index contributed by atoms with van der Waals surface area (Å²) in [5.41, 5.74) is 0.743. The quantitative estimate of drug-likeness (QED) is 0.638. The van der Waals surface area contributed by atoms with E-state index < -0.39 is 13.9 Å². The zero-order chi connectivity index (χ0) is 18.7. The summed E-state index contributed by atoms with van der Waals surface area (Å²) in [6.07, 6.45) is -0.473. The van der Waals surface area contributed by atoms with Gasteiger partial charge in [-0.1, -0.05) is 51.1 Å². The van der Waals surface area contributed by atoms with Crippen LogP contribution in [0.3, 0.4) is 0 Å². The van der Waals surface area contributed by atoms with Crippen molar-refractivity contribution in [2.24, 2.45) is 0 Å². The summed E-state index contributed by atoms with van der Waals surface area (Å²) in [5, 5.41) is 0. The first-order valence-corrected chi connectivity index (χ1v) is 12.0. The van der Waals surface area contributed by atoms with Crippen molar-refractivity contribution in [2.75, 3.05) is 6.54 Å². The molecule has 0 spiro atoms. The summed E-state index contributed by atoms with van der Waals surface area (Å²) < 4.78 is 12.3. The van der Waals surface area contributed by atoms with Crippen molar-refractivity contribution in [1.29, 1.82) is 0 Å². The van der Waals surface area contributed by atoms with Gasteiger partial charge in [0.05, 0.1) is 0 Å². The van der Waals surface area contributed by atoms with Crippen LogP contribution in [0.2, 0.25) is 18.1 Å². The molecule has 1 fully saturated rings. The Morgan fingerprint density at radius 2 is 1.68 bits per heavy atom. The van der Waals surface area contributed by atoms with Gasteiger partial charge in [0.25, 0.3) is 0 Å². The van der Waals surface area contributed by atoms with E-state index in [1.165, 1.54) is 5.56 Å². The Morgan fingerprint density at radius 1 is 1.12 bits per heavy atom. The minimum absolute atomic E-state index is 0.205. The third-order valence-corrected chi connectivity index (χ3v) is 9.81. The Balaban J connectivity index is 2.22. The Bertz CT molecular complexity index is 558. The monoisotopic (exact) mass is 363 g/mol. The van der Waals surface area contributed by atoms with Crippen LogP contribution < -0.4 is 0 Å². The minimum atomic E-state index is -1.82. The van der Waals surface area contributed by atoms with E-state index in [0.29, 0.717) is 6.54 Å². The van der Waals surface area contributed by atoms with Crippen molar-refractivity contribution < 1.29 is 14.0 Å². The molecule has 1 amide bonds. The number of likely N-dealkylation sites (tertiary alicyclic amines) is 1. The van der Waals surface area contributed by atoms with E-state index in [0.717, 1.165) is 18.1 Å². The molecule has 4 nitrogen and oxygen atoms in total. The van der Waals surface area contributed by atoms with E-state index in [-0.39, 0.29) is 18.2 Å². The first-order chi connectivity index (χ1) is 11.7. The number of carbonyl (C=O) groups is 1. The zero-order valence-electron chi connectivity index (χ0n) is 16.5. The first kappa shape index (κ1) is 20.0. The van der Waals surface area contributed by atoms with Gasteiger partial charge in [-0.3, -0.25) is 4.90 Å². The molecule has 2 atom stereocenters. The molecule has 0 bridgehead atoms. The fraction of sp³-hybridized carbons (Fsp3) is 0.650. The Kier molecular flexibility index (Phi) is 6.33. The van der Waals surface area contributed by atoms with Crippen molar-refractivity contribution in [1.82, 2.24) is 4.90 Å². The van der Waals surface area contributed by atoms with Crippen molar-refractivity contribution in [3.05, 3.63) is 35.9 Å². The lowest BCUT2D eigenvalue weighted by molar-refractivity contribution is -0.0878. The van der Waals surface area contributed by atoms with Crippen LogP contribution in [-0.2, 0) is 9.16 Å². The van der Waals surface area contributed by atoms with Crippen LogP contribution in [0.4, 0.5) is 4.79 Å². The van der Waals surface area contributed by atoms with Gasteiger partial charge in [-0.15, -0.1) is 0 Å². The van der Waals surface area contributed by atoms with E-state index in [2.05, 4.69) is 32.9 Å². The van der Waals surface area contributed by atoms with Crippen LogP contribution in [0.15, 0.2) is 30.3 Å². The average Bonchev–Trinajstić information content (AvgIpc) is 2.55. The van der Waals surface area contributed by atoms with Crippen LogP contribution in [0.25, 0.3) is 0 Å². The van der Waals surface area contributed by atoms with Crippen LogP contribution in [0, 0.1) is 0 Å². The fourth-order valence-electron chi connectivity index (χ4n) is 3.36. The summed E-state index contributed by atoms with van der Waals surface area (Å²) in [7, 11) is -1.82. The predicted octanol–water partition coefficient (Wildman–Crippen LogP) is 5.37. The van der Waals surface area contributed by atoms with E-state index in [9.17, 15) is 4.79 Å². The third kappa shape index (κ3) is 4.64. The number of hydrogen-bond donors (Lipinski definition) is 0. The molecule has 1 heterocycles. The molecule has 1 aromatic carbocycles. The van der Waals surface area contributed by atoms with Crippen LogP contribution in [0.5, 0.6) is 0 Å². The van der Waals surface area contributed by atoms with Gasteiger partial charge in [-0.2, -0.15) is 0 Å². The van der Waals surface area contributed by atoms with Crippen LogP contribution in [0.1, 0.15) is 53.0 Å². The number of amides is 1. The molecule has 25 heavy (non-hydrogen) atoms. The zero-order valence-corrected chi connectivity index (χ0v) is 17.5. The number of rotatable bonds is 6. The summed E-state index contributed by atoms with van der Waals surface area (Å²) in [4.78, 5) is 14.4. The van der Waals surface area contributed by atoms with E-state index in [1.807, 2.05) is 39.0 Å². The van der Waals surface area contributed by atoms with Gasteiger partial charge in [-0.25, -0.2) is 4.79 Å². The molecule has 0 radical (unpaired) electrons. The topological polar surface area (TPSA) is 38.8 Å². The molecule has 0 N–H and O–H groups in total. The SMILES string of the molecule is CC[Si](CC)(CC)O[C@H]1[C@@H](c2ccccc2)CN1C(=O)OC(C)(C)C. The molecular weight excluding hydrogens is 330 g/mol. The molecule has 140 valence electrons. The standard InChI is InChI=1S/C20H33NO3Si/c1-7-25(8-2,9-3)24-18-17(16-13-11-10-12-14-16)15-21(18)19(22)23-20(4,5)6/h10-14,17-18H,7-9,15H2,1-6H3/t17-,18+/m1/s1. The molecule has 0 aliphatic carbocycles. The minimum Gasteiger partial charge on any atom is -0.444 e. The van der Waals surface area contributed by atoms with Gasteiger partial charge in [-0.05, 0) is 44.5 Å². The second kappa shape index (κ2) is 7.91. The van der Waals surface area contributed by atoms with E-state index in [1.54, 1.807) is 4.90 Å².